The van der Waals surface area contributed by atoms with Gasteiger partial charge in [0.05, 0.1) is 11.3 Å². The largest absolute Gasteiger partial charge is 0.359 e. The van der Waals surface area contributed by atoms with Gasteiger partial charge < -0.3 is 10.2 Å². The van der Waals surface area contributed by atoms with Crippen LogP contribution in [0.1, 0.15) is 28.8 Å². The molecular formula is C24H25FN4O2. The van der Waals surface area contributed by atoms with Gasteiger partial charge in [0.15, 0.2) is 0 Å². The minimum Gasteiger partial charge on any atom is -0.359 e. The van der Waals surface area contributed by atoms with Gasteiger partial charge in [-0.05, 0) is 50.1 Å². The van der Waals surface area contributed by atoms with E-state index in [1.54, 1.807) is 35.0 Å². The number of likely N-dealkylation sites (tertiary alicyclic amines) is 1. The van der Waals surface area contributed by atoms with E-state index in [1.807, 2.05) is 31.2 Å². The van der Waals surface area contributed by atoms with E-state index in [0.29, 0.717) is 42.9 Å². The van der Waals surface area contributed by atoms with E-state index in [2.05, 4.69) is 10.4 Å². The molecule has 31 heavy (non-hydrogen) atoms. The average molecular weight is 420 g/mol. The monoisotopic (exact) mass is 420 g/mol. The van der Waals surface area contributed by atoms with Crippen LogP contribution in [0.15, 0.2) is 54.7 Å². The third-order valence-electron chi connectivity index (χ3n) is 5.73. The van der Waals surface area contributed by atoms with Gasteiger partial charge >= 0.3 is 0 Å². The predicted octanol–water partition coefficient (Wildman–Crippen LogP) is 3.59. The van der Waals surface area contributed by atoms with Gasteiger partial charge in [0.2, 0.25) is 5.91 Å². The molecule has 6 nitrogen and oxygen atoms in total. The van der Waals surface area contributed by atoms with Crippen molar-refractivity contribution in [3.05, 3.63) is 71.7 Å². The fourth-order valence-electron chi connectivity index (χ4n) is 3.98. The van der Waals surface area contributed by atoms with Crippen molar-refractivity contribution in [2.24, 2.45) is 5.92 Å². The third kappa shape index (κ3) is 4.35. The zero-order valence-electron chi connectivity index (χ0n) is 17.6. The quantitative estimate of drug-likeness (QED) is 0.702. The molecule has 3 aromatic rings. The number of halogens is 1. The van der Waals surface area contributed by atoms with Gasteiger partial charge in [0.25, 0.3) is 5.91 Å². The molecule has 1 aliphatic rings. The van der Waals surface area contributed by atoms with Gasteiger partial charge in [-0.25, -0.2) is 9.07 Å². The maximum Gasteiger partial charge on any atom is 0.257 e. The summed E-state index contributed by atoms with van der Waals surface area (Å²) in [4.78, 5) is 27.1. The second-order valence-corrected chi connectivity index (χ2v) is 7.86. The van der Waals surface area contributed by atoms with E-state index in [-0.39, 0.29) is 23.5 Å². The summed E-state index contributed by atoms with van der Waals surface area (Å²) < 4.78 is 15.0. The number of hydrogen-bond donors (Lipinski definition) is 1. The van der Waals surface area contributed by atoms with Crippen molar-refractivity contribution in [3.63, 3.8) is 0 Å². The first kappa shape index (κ1) is 20.8. The van der Waals surface area contributed by atoms with E-state index in [9.17, 15) is 14.0 Å². The molecule has 0 unspecified atom stereocenters. The van der Waals surface area contributed by atoms with Gasteiger partial charge in [0.1, 0.15) is 11.5 Å². The number of aromatic nitrogens is 2. The molecule has 0 spiro atoms. The van der Waals surface area contributed by atoms with Crippen molar-refractivity contribution in [3.8, 4) is 16.9 Å². The van der Waals surface area contributed by atoms with Gasteiger partial charge in [-0.3, -0.25) is 9.59 Å². The van der Waals surface area contributed by atoms with Crippen LogP contribution in [0.5, 0.6) is 0 Å². The number of amides is 2. The Morgan fingerprint density at radius 1 is 1.10 bits per heavy atom. The van der Waals surface area contributed by atoms with Gasteiger partial charge in [0, 0.05) is 37.8 Å². The summed E-state index contributed by atoms with van der Waals surface area (Å²) in [5, 5.41) is 7.37. The Morgan fingerprint density at radius 3 is 2.45 bits per heavy atom. The van der Waals surface area contributed by atoms with E-state index in [4.69, 9.17) is 0 Å². The lowest BCUT2D eigenvalue weighted by molar-refractivity contribution is -0.125. The molecule has 0 radical (unpaired) electrons. The highest BCUT2D eigenvalue weighted by Crippen LogP contribution is 2.27. The standard InChI is InChI=1S/C24H25FN4O2/c1-16-4-3-5-18(14-16)22-21(15-29(27-22)20-8-6-19(25)7-9-20)24(31)28-12-10-17(11-13-28)23(30)26-2/h3-9,14-15,17H,10-13H2,1-2H3,(H,26,30). The summed E-state index contributed by atoms with van der Waals surface area (Å²) >= 11 is 0. The Hall–Kier alpha value is -3.48. The smallest absolute Gasteiger partial charge is 0.257 e. The van der Waals surface area contributed by atoms with E-state index in [1.165, 1.54) is 12.1 Å². The zero-order chi connectivity index (χ0) is 22.0. The zero-order valence-corrected chi connectivity index (χ0v) is 17.6. The lowest BCUT2D eigenvalue weighted by atomic mass is 9.95. The summed E-state index contributed by atoms with van der Waals surface area (Å²) in [5.41, 5.74) is 3.68. The predicted molar refractivity (Wildman–Crippen MR) is 116 cm³/mol. The fourth-order valence-corrected chi connectivity index (χ4v) is 3.98. The van der Waals surface area contributed by atoms with Crippen LogP contribution in [-0.4, -0.2) is 46.6 Å². The first-order valence-corrected chi connectivity index (χ1v) is 10.4. The highest BCUT2D eigenvalue weighted by atomic mass is 19.1. The van der Waals surface area contributed by atoms with Crippen LogP contribution in [-0.2, 0) is 4.79 Å². The van der Waals surface area contributed by atoms with E-state index < -0.39 is 0 Å². The van der Waals surface area contributed by atoms with Gasteiger partial charge in [-0.2, -0.15) is 5.10 Å². The van der Waals surface area contributed by atoms with Gasteiger partial charge in [-0.1, -0.05) is 23.8 Å². The first-order chi connectivity index (χ1) is 15.0. The third-order valence-corrected chi connectivity index (χ3v) is 5.73. The Bertz CT molecular complexity index is 1100. The number of nitrogens with one attached hydrogen (secondary N) is 1. The molecule has 0 saturated carbocycles. The molecular weight excluding hydrogens is 395 g/mol. The number of hydrogen-bond acceptors (Lipinski definition) is 3. The Balaban J connectivity index is 1.68. The normalized spacial score (nSPS) is 14.5. The molecule has 0 bridgehead atoms. The van der Waals surface area contributed by atoms with Crippen LogP contribution in [0, 0.1) is 18.7 Å². The number of carbonyl (C=O) groups is 2. The van der Waals surface area contributed by atoms with Crippen molar-refractivity contribution in [1.29, 1.82) is 0 Å². The van der Waals surface area contributed by atoms with E-state index in [0.717, 1.165) is 11.1 Å². The molecule has 2 aromatic carbocycles. The molecule has 0 atom stereocenters. The molecule has 1 N–H and O–H groups in total. The fraction of sp³-hybridized carbons (Fsp3) is 0.292. The lowest BCUT2D eigenvalue weighted by Gasteiger charge is -2.31. The number of carbonyl (C=O) groups excluding carboxylic acids is 2. The minimum atomic E-state index is -0.329. The lowest BCUT2D eigenvalue weighted by Crippen LogP contribution is -2.42. The maximum absolute atomic E-state index is 13.4. The highest BCUT2D eigenvalue weighted by Gasteiger charge is 2.29. The van der Waals surface area contributed by atoms with Crippen molar-refractivity contribution in [2.75, 3.05) is 20.1 Å². The highest BCUT2D eigenvalue weighted by molar-refractivity contribution is 6.00. The molecule has 2 amide bonds. The van der Waals surface area contributed by atoms with Crippen LogP contribution in [0.3, 0.4) is 0 Å². The van der Waals surface area contributed by atoms with Crippen LogP contribution >= 0.6 is 0 Å². The summed E-state index contributed by atoms with van der Waals surface area (Å²) in [7, 11) is 1.64. The summed E-state index contributed by atoms with van der Waals surface area (Å²) in [6.45, 7) is 3.03. The summed E-state index contributed by atoms with van der Waals surface area (Å²) in [5.74, 6) is -0.478. The van der Waals surface area contributed by atoms with Gasteiger partial charge in [-0.15, -0.1) is 0 Å². The number of rotatable bonds is 4. The first-order valence-electron chi connectivity index (χ1n) is 10.4. The second-order valence-electron chi connectivity index (χ2n) is 7.86. The second kappa shape index (κ2) is 8.71. The van der Waals surface area contributed by atoms with Crippen LogP contribution in [0.25, 0.3) is 16.9 Å². The SMILES string of the molecule is CNC(=O)C1CCN(C(=O)c2cn(-c3ccc(F)cc3)nc2-c2cccc(C)c2)CC1. The Morgan fingerprint density at radius 2 is 1.81 bits per heavy atom. The molecule has 1 fully saturated rings. The van der Waals surface area contributed by atoms with Crippen molar-refractivity contribution in [1.82, 2.24) is 20.0 Å². The molecule has 2 heterocycles. The number of piperidine rings is 1. The van der Waals surface area contributed by atoms with Crippen molar-refractivity contribution >= 4 is 11.8 Å². The van der Waals surface area contributed by atoms with Crippen LogP contribution in [0.2, 0.25) is 0 Å². The molecule has 7 heteroatoms. The molecule has 1 saturated heterocycles. The van der Waals surface area contributed by atoms with Crippen molar-refractivity contribution in [2.45, 2.75) is 19.8 Å². The summed E-state index contributed by atoms with van der Waals surface area (Å²) in [6.07, 6.45) is 2.98. The number of aryl methyl sites for hydroxylation is 1. The van der Waals surface area contributed by atoms with Crippen LogP contribution < -0.4 is 5.32 Å². The minimum absolute atomic E-state index is 0.0247. The topological polar surface area (TPSA) is 67.2 Å². The molecule has 160 valence electrons. The van der Waals surface area contributed by atoms with Crippen molar-refractivity contribution < 1.29 is 14.0 Å². The molecule has 1 aliphatic heterocycles. The van der Waals surface area contributed by atoms with Crippen LogP contribution in [0.4, 0.5) is 4.39 Å². The Kier molecular flexibility index (Phi) is 5.84. The maximum atomic E-state index is 13.4. The Labute approximate surface area is 180 Å². The average Bonchev–Trinajstić information content (AvgIpc) is 3.24. The number of benzene rings is 2. The molecule has 4 rings (SSSR count). The number of nitrogens with zero attached hydrogens (tertiary/aromatic N) is 3. The van der Waals surface area contributed by atoms with E-state index >= 15 is 0 Å². The summed E-state index contributed by atoms with van der Waals surface area (Å²) in [6, 6.07) is 13.8. The molecule has 1 aromatic heterocycles. The molecule has 0 aliphatic carbocycles.